The fourth-order valence-corrected chi connectivity index (χ4v) is 11.6. The fraction of sp³-hybridized carbons (Fsp3) is 0.896. The molecule has 1 saturated carbocycles. The first-order valence-corrected chi connectivity index (χ1v) is 28.6. The number of hydrogen-bond donors (Lipinski definition) is 17. The van der Waals surface area contributed by atoms with Gasteiger partial charge in [-0.15, -0.1) is 0 Å². The Morgan fingerprint density at radius 3 is 1.43 bits per heavy atom. The van der Waals surface area contributed by atoms with Gasteiger partial charge in [0.1, 0.15) is 122 Å². The van der Waals surface area contributed by atoms with Crippen LogP contribution in [0.1, 0.15) is 48.0 Å². The van der Waals surface area contributed by atoms with Gasteiger partial charge in [-0.1, -0.05) is 0 Å². The lowest BCUT2D eigenvalue weighted by Gasteiger charge is -2.52. The van der Waals surface area contributed by atoms with Gasteiger partial charge in [0.2, 0.25) is 39.9 Å². The minimum atomic E-state index is -5.58. The van der Waals surface area contributed by atoms with Crippen molar-refractivity contribution in [1.29, 1.82) is 0 Å². The second kappa shape index (κ2) is 30.4. The smallest absolute Gasteiger partial charge is 0.219 e. The van der Waals surface area contributed by atoms with E-state index in [1.807, 2.05) is 0 Å². The maximum Gasteiger partial charge on any atom is 0.219 e. The zero-order valence-electron chi connectivity index (χ0n) is 47.5. The summed E-state index contributed by atoms with van der Waals surface area (Å²) in [5, 5.41) is 153. The molecule has 86 heavy (non-hydrogen) atoms. The zero-order chi connectivity index (χ0) is 64.1. The number of nitrogens with one attached hydrogen (secondary N) is 4. The molecule has 5 saturated heterocycles. The summed E-state index contributed by atoms with van der Waals surface area (Å²) in [6.07, 6.45) is -43.9. The molecule has 0 aromatic carbocycles. The summed E-state index contributed by atoms with van der Waals surface area (Å²) < 4.78 is 100. The summed E-state index contributed by atoms with van der Waals surface area (Å²) in [5.41, 5.74) is 0. The topological polar surface area (TPSA) is 558 Å². The molecule has 0 bridgehead atoms. The van der Waals surface area contributed by atoms with Crippen molar-refractivity contribution in [1.82, 2.24) is 26.2 Å². The molecule has 5 amide bonds. The van der Waals surface area contributed by atoms with Crippen LogP contribution in [0, 0.1) is 5.92 Å². The van der Waals surface area contributed by atoms with Crippen molar-refractivity contribution in [2.24, 2.45) is 5.92 Å². The van der Waals surface area contributed by atoms with Gasteiger partial charge in [-0.25, -0.2) is 8.42 Å². The predicted molar refractivity (Wildman–Crippen MR) is 272 cm³/mol. The number of likely N-dealkylation sites (N-methyl/N-ethyl adjacent to an activating group) is 1. The third kappa shape index (κ3) is 16.8. The standard InChI is InChI=1S/C48H81N5O32S/c1-14-31(62)38(69)39(70)48(77-14)75-13-25-43(34(65)27(44(71)79-25)50-16(3)58)78-21-8-20(12-76-86(72,73)74)40(33(64)26(21)49-15(2)57)83-45-28(51-17(4)59)35(66)41(23(10-55)81-45)84-46-29(52-18(5)60)36(67)42(24(11-56)82-46)85-47-30(53(7)19(6)61)37(68)32(63)22(9-54)80-47/h14,20-48,54-56,62-71H,8-13H2,1-7H3,(H,49,57)(H,50,58)(H,51,59)(H,52,60)(H,72,73,74)/p-1. The highest BCUT2D eigenvalue weighted by atomic mass is 32.3. The first kappa shape index (κ1) is 71.4. The van der Waals surface area contributed by atoms with Crippen LogP contribution in [-0.2, 0) is 85.9 Å². The molecule has 0 radical (unpaired) electrons. The van der Waals surface area contributed by atoms with Crippen LogP contribution in [-0.4, -0.2) is 332 Å². The van der Waals surface area contributed by atoms with Crippen LogP contribution >= 0.6 is 0 Å². The van der Waals surface area contributed by atoms with Crippen molar-refractivity contribution in [2.75, 3.05) is 40.1 Å². The molecule has 1 aliphatic carbocycles. The molecule has 30 atom stereocenters. The van der Waals surface area contributed by atoms with Crippen LogP contribution < -0.4 is 21.3 Å². The van der Waals surface area contributed by atoms with E-state index >= 15 is 0 Å². The highest BCUT2D eigenvalue weighted by Gasteiger charge is 2.58. The monoisotopic (exact) mass is 1270 g/mol. The lowest BCUT2D eigenvalue weighted by atomic mass is 9.79. The van der Waals surface area contributed by atoms with Crippen LogP contribution in [0.5, 0.6) is 0 Å². The Morgan fingerprint density at radius 2 is 0.942 bits per heavy atom. The van der Waals surface area contributed by atoms with Crippen molar-refractivity contribution in [2.45, 2.75) is 226 Å². The molecule has 37 nitrogen and oxygen atoms in total. The van der Waals surface area contributed by atoms with Crippen LogP contribution in [0.25, 0.3) is 0 Å². The van der Waals surface area contributed by atoms with Crippen LogP contribution in [0.15, 0.2) is 0 Å². The summed E-state index contributed by atoms with van der Waals surface area (Å²) in [4.78, 5) is 64.3. The van der Waals surface area contributed by atoms with E-state index in [4.69, 9.17) is 47.4 Å². The van der Waals surface area contributed by atoms with Gasteiger partial charge < -0.3 is 144 Å². The second-order valence-corrected chi connectivity index (χ2v) is 22.9. The third-order valence-corrected chi connectivity index (χ3v) is 16.1. The van der Waals surface area contributed by atoms with Crippen molar-refractivity contribution in [3.63, 3.8) is 0 Å². The lowest BCUT2D eigenvalue weighted by molar-refractivity contribution is -0.360. The van der Waals surface area contributed by atoms with E-state index in [-0.39, 0.29) is 0 Å². The summed E-state index contributed by atoms with van der Waals surface area (Å²) in [6, 6.07) is -8.53. The number of hydrogen-bond acceptors (Lipinski definition) is 32. The highest BCUT2D eigenvalue weighted by molar-refractivity contribution is 7.80. The molecular formula is C48H80N5O32S-. The van der Waals surface area contributed by atoms with Crippen molar-refractivity contribution < 1.29 is 155 Å². The molecule has 0 aromatic rings. The summed E-state index contributed by atoms with van der Waals surface area (Å²) in [7, 11) is -4.36. The van der Waals surface area contributed by atoms with Gasteiger partial charge in [-0.2, -0.15) is 0 Å². The first-order chi connectivity index (χ1) is 40.2. The fourth-order valence-electron chi connectivity index (χ4n) is 11.3. The highest BCUT2D eigenvalue weighted by Crippen LogP contribution is 2.39. The Balaban J connectivity index is 1.29. The molecular weight excluding hydrogens is 1190 g/mol. The summed E-state index contributed by atoms with van der Waals surface area (Å²) in [6.45, 7) is 1.58. The molecule has 17 N–H and O–H groups in total. The number of nitrogens with zero attached hydrogens (tertiary/aromatic N) is 1. The van der Waals surface area contributed by atoms with Crippen molar-refractivity contribution in [3.05, 3.63) is 0 Å². The maximum atomic E-state index is 12.9. The van der Waals surface area contributed by atoms with E-state index in [0.29, 0.717) is 0 Å². The minimum absolute atomic E-state index is 0.637. The Bertz CT molecular complexity index is 2390. The number of aliphatic hydroxyl groups is 13. The SMILES string of the molecule is CC(=O)NC1C(O)OC(COC2OC(C)C(O)C(O)C2O)C(OC2CC(COS(=O)(=O)[O-])C(OC3OC(CO)C(OC4OC(CO)C(OC5OC(CO)C(O)C(O)C5N(C)C(C)=O)C(O)C4NC(C)=O)C(O)C3NC(C)=O)C(O)C2NC(C)=O)C1O. The molecule has 0 aromatic heterocycles. The van der Waals surface area contributed by atoms with Gasteiger partial charge >= 0.3 is 0 Å². The normalized spacial score (nSPS) is 44.0. The maximum absolute atomic E-state index is 12.9. The van der Waals surface area contributed by atoms with E-state index in [9.17, 15) is 103 Å². The number of carbonyl (C=O) groups is 5. The Morgan fingerprint density at radius 1 is 0.500 bits per heavy atom. The summed E-state index contributed by atoms with van der Waals surface area (Å²) >= 11 is 0. The van der Waals surface area contributed by atoms with Gasteiger partial charge in [0.15, 0.2) is 31.5 Å². The third-order valence-electron chi connectivity index (χ3n) is 15.6. The number of aliphatic hydroxyl groups excluding tert-OH is 13. The quantitative estimate of drug-likeness (QED) is 0.0353. The number of ether oxygens (including phenoxy) is 10. The zero-order valence-corrected chi connectivity index (χ0v) is 48.3. The van der Waals surface area contributed by atoms with Crippen molar-refractivity contribution in [3.8, 4) is 0 Å². The van der Waals surface area contributed by atoms with Crippen molar-refractivity contribution >= 4 is 39.9 Å². The average Bonchev–Trinajstić information content (AvgIpc) is 2.48. The van der Waals surface area contributed by atoms with Crippen LogP contribution in [0.3, 0.4) is 0 Å². The Labute approximate surface area is 491 Å². The molecule has 6 rings (SSSR count). The largest absolute Gasteiger partial charge is 0.726 e. The average molecular weight is 1270 g/mol. The molecule has 5 heterocycles. The van der Waals surface area contributed by atoms with Crippen LogP contribution in [0.4, 0.5) is 0 Å². The van der Waals surface area contributed by atoms with Crippen LogP contribution in [0.2, 0.25) is 0 Å². The van der Waals surface area contributed by atoms with Gasteiger partial charge in [-0.3, -0.25) is 28.2 Å². The number of amides is 5. The number of rotatable bonds is 22. The molecule has 496 valence electrons. The summed E-state index contributed by atoms with van der Waals surface area (Å²) in [5.74, 6) is -5.64. The second-order valence-electron chi connectivity index (χ2n) is 21.9. The molecule has 5 aliphatic heterocycles. The Hall–Kier alpha value is -3.70. The molecule has 30 unspecified atom stereocenters. The van der Waals surface area contributed by atoms with Gasteiger partial charge in [-0.05, 0) is 13.3 Å². The molecule has 6 fully saturated rings. The van der Waals surface area contributed by atoms with E-state index in [1.54, 1.807) is 0 Å². The molecule has 6 aliphatic rings. The first-order valence-electron chi connectivity index (χ1n) is 27.3. The number of carbonyl (C=O) groups excluding carboxylic acids is 5. The van der Waals surface area contributed by atoms with Gasteiger partial charge in [0, 0.05) is 47.6 Å². The van der Waals surface area contributed by atoms with E-state index < -0.39 is 263 Å². The minimum Gasteiger partial charge on any atom is -0.726 e. The van der Waals surface area contributed by atoms with E-state index in [1.165, 1.54) is 14.0 Å². The Kier molecular flexibility index (Phi) is 25.2. The molecule has 38 heteroatoms. The lowest BCUT2D eigenvalue weighted by Crippen LogP contribution is -2.71. The van der Waals surface area contributed by atoms with E-state index in [2.05, 4.69) is 25.5 Å². The van der Waals surface area contributed by atoms with Gasteiger partial charge in [0.05, 0.1) is 57.4 Å². The molecule has 0 spiro atoms. The predicted octanol–water partition coefficient (Wildman–Crippen LogP) is -11.9. The van der Waals surface area contributed by atoms with E-state index in [0.717, 1.165) is 39.5 Å². The van der Waals surface area contributed by atoms with Gasteiger partial charge in [0.25, 0.3) is 0 Å².